The van der Waals surface area contributed by atoms with Crippen molar-refractivity contribution in [2.24, 2.45) is 0 Å². The van der Waals surface area contributed by atoms with Crippen LogP contribution in [0.3, 0.4) is 0 Å². The number of fused-ring (bicyclic) bond motifs is 1. The minimum absolute atomic E-state index is 0.0567. The van der Waals surface area contributed by atoms with Crippen LogP contribution < -0.4 is 0 Å². The Bertz CT molecular complexity index is 403. The van der Waals surface area contributed by atoms with Gasteiger partial charge in [-0.15, -0.1) is 0 Å². The molecule has 3 aliphatic rings. The Balaban J connectivity index is 2.27. The first-order chi connectivity index (χ1) is 6.36. The van der Waals surface area contributed by atoms with Gasteiger partial charge in [-0.25, -0.2) is 0 Å². The third-order valence-electron chi connectivity index (χ3n) is 3.03. The van der Waals surface area contributed by atoms with Crippen LogP contribution in [0.2, 0.25) is 0 Å². The number of Topliss-reactive ketones (excluding diaryl/α,β-unsaturated/α-hetero) is 1. The zero-order chi connectivity index (χ0) is 8.84. The third-order valence-corrected chi connectivity index (χ3v) is 3.03. The van der Waals surface area contributed by atoms with Crippen LogP contribution >= 0.6 is 0 Å². The van der Waals surface area contributed by atoms with E-state index in [0.29, 0.717) is 18.1 Å². The maximum atomic E-state index is 11.6. The zero-order valence-electron chi connectivity index (χ0n) is 7.23. The van der Waals surface area contributed by atoms with Gasteiger partial charge in [-0.05, 0) is 11.1 Å². The van der Waals surface area contributed by atoms with Gasteiger partial charge in [0.2, 0.25) is 0 Å². The van der Waals surface area contributed by atoms with Gasteiger partial charge >= 0.3 is 0 Å². The summed E-state index contributed by atoms with van der Waals surface area (Å²) in [5.74, 6) is 0.793. The van der Waals surface area contributed by atoms with Crippen LogP contribution in [0.15, 0.2) is 36.4 Å². The Hall–Kier alpha value is -1.37. The van der Waals surface area contributed by atoms with Crippen LogP contribution in [-0.2, 0) is 4.79 Å². The molecule has 0 heterocycles. The van der Waals surface area contributed by atoms with Gasteiger partial charge in [-0.3, -0.25) is 4.79 Å². The van der Waals surface area contributed by atoms with Crippen LogP contribution in [-0.4, -0.2) is 5.78 Å². The number of allylic oxidation sites excluding steroid dienone is 2. The summed E-state index contributed by atoms with van der Waals surface area (Å²) < 4.78 is 0. The molecule has 2 bridgehead atoms. The molecule has 1 aromatic carbocycles. The first-order valence-corrected chi connectivity index (χ1v) is 4.66. The molecule has 0 unspecified atom stereocenters. The van der Waals surface area contributed by atoms with Gasteiger partial charge in [0, 0.05) is 12.3 Å². The molecule has 0 radical (unpaired) electrons. The second-order valence-electron chi connectivity index (χ2n) is 3.77. The van der Waals surface area contributed by atoms with Crippen molar-refractivity contribution in [3.05, 3.63) is 47.5 Å². The predicted molar refractivity (Wildman–Crippen MR) is 50.7 cm³/mol. The van der Waals surface area contributed by atoms with Crippen molar-refractivity contribution in [1.82, 2.24) is 0 Å². The molecule has 0 aromatic heterocycles. The molecule has 0 amide bonds. The van der Waals surface area contributed by atoms with Crippen molar-refractivity contribution < 1.29 is 4.79 Å². The number of carbonyl (C=O) groups is 1. The van der Waals surface area contributed by atoms with Gasteiger partial charge in [0.1, 0.15) is 5.78 Å². The minimum atomic E-state index is 0.0567. The molecule has 64 valence electrons. The second-order valence-corrected chi connectivity index (χ2v) is 3.77. The normalized spacial score (nSPS) is 29.1. The van der Waals surface area contributed by atoms with Gasteiger partial charge in [-0.2, -0.15) is 0 Å². The van der Waals surface area contributed by atoms with E-state index in [4.69, 9.17) is 0 Å². The van der Waals surface area contributed by atoms with Crippen LogP contribution in [0.4, 0.5) is 0 Å². The molecular weight excluding hydrogens is 160 g/mol. The van der Waals surface area contributed by atoms with Crippen molar-refractivity contribution in [2.45, 2.75) is 18.3 Å². The van der Waals surface area contributed by atoms with Crippen molar-refractivity contribution in [3.8, 4) is 0 Å². The van der Waals surface area contributed by atoms with Crippen LogP contribution in [0.25, 0.3) is 0 Å². The lowest BCUT2D eigenvalue weighted by Gasteiger charge is -2.31. The summed E-state index contributed by atoms with van der Waals surface area (Å²) in [5, 5.41) is 0. The van der Waals surface area contributed by atoms with Gasteiger partial charge in [0.15, 0.2) is 0 Å². The number of rotatable bonds is 0. The number of hydrogen-bond donors (Lipinski definition) is 0. The topological polar surface area (TPSA) is 17.1 Å². The quantitative estimate of drug-likeness (QED) is 0.546. The van der Waals surface area contributed by atoms with Crippen LogP contribution in [0.5, 0.6) is 0 Å². The highest BCUT2D eigenvalue weighted by molar-refractivity contribution is 5.92. The van der Waals surface area contributed by atoms with E-state index in [1.807, 2.05) is 6.07 Å². The predicted octanol–water partition coefficient (Wildman–Crippen LogP) is 2.40. The molecule has 1 nitrogen and oxygen atoms in total. The van der Waals surface area contributed by atoms with Crippen molar-refractivity contribution in [1.29, 1.82) is 0 Å². The van der Waals surface area contributed by atoms with E-state index in [1.54, 1.807) is 0 Å². The van der Waals surface area contributed by atoms with Crippen molar-refractivity contribution >= 4 is 5.78 Å². The second kappa shape index (κ2) is 2.32. The number of carbonyl (C=O) groups excluding carboxylic acids is 1. The maximum Gasteiger partial charge on any atom is 0.145 e. The Labute approximate surface area is 77.1 Å². The van der Waals surface area contributed by atoms with E-state index in [0.717, 1.165) is 0 Å². The minimum Gasteiger partial charge on any atom is -0.299 e. The molecule has 0 saturated carbocycles. The summed E-state index contributed by atoms with van der Waals surface area (Å²) in [4.78, 5) is 11.6. The molecule has 1 aromatic rings. The fourth-order valence-corrected chi connectivity index (χ4v) is 2.39. The Morgan fingerprint density at radius 3 is 2.62 bits per heavy atom. The van der Waals surface area contributed by atoms with Crippen LogP contribution in [0, 0.1) is 0 Å². The van der Waals surface area contributed by atoms with E-state index in [9.17, 15) is 4.79 Å². The maximum absolute atomic E-state index is 11.6. The van der Waals surface area contributed by atoms with Crippen molar-refractivity contribution in [3.63, 3.8) is 0 Å². The van der Waals surface area contributed by atoms with E-state index in [2.05, 4.69) is 30.4 Å². The van der Waals surface area contributed by atoms with Gasteiger partial charge in [0.05, 0.1) is 5.92 Å². The van der Waals surface area contributed by atoms with Crippen LogP contribution in [0.1, 0.15) is 29.4 Å². The fourth-order valence-electron chi connectivity index (χ4n) is 2.39. The molecule has 3 aliphatic carbocycles. The number of hydrogen-bond acceptors (Lipinski definition) is 1. The Kier molecular flexibility index (Phi) is 1.26. The van der Waals surface area contributed by atoms with E-state index in [1.165, 1.54) is 11.1 Å². The largest absolute Gasteiger partial charge is 0.299 e. The fraction of sp³-hybridized carbons (Fsp3) is 0.250. The summed E-state index contributed by atoms with van der Waals surface area (Å²) in [5.41, 5.74) is 2.58. The Morgan fingerprint density at radius 2 is 1.85 bits per heavy atom. The average molecular weight is 170 g/mol. The van der Waals surface area contributed by atoms with E-state index in [-0.39, 0.29) is 5.92 Å². The van der Waals surface area contributed by atoms with Gasteiger partial charge < -0.3 is 0 Å². The monoisotopic (exact) mass is 170 g/mol. The molecule has 0 aliphatic heterocycles. The van der Waals surface area contributed by atoms with Crippen molar-refractivity contribution in [2.75, 3.05) is 0 Å². The molecule has 4 rings (SSSR count). The third kappa shape index (κ3) is 0.844. The highest BCUT2D eigenvalue weighted by Gasteiger charge is 2.34. The molecule has 1 heteroatoms. The lowest BCUT2D eigenvalue weighted by molar-refractivity contribution is -0.120. The lowest BCUT2D eigenvalue weighted by Crippen LogP contribution is -2.25. The zero-order valence-corrected chi connectivity index (χ0v) is 7.23. The summed E-state index contributed by atoms with van der Waals surface area (Å²) in [6, 6.07) is 8.29. The van der Waals surface area contributed by atoms with Gasteiger partial charge in [-0.1, -0.05) is 36.4 Å². The summed E-state index contributed by atoms with van der Waals surface area (Å²) >= 11 is 0. The van der Waals surface area contributed by atoms with E-state index >= 15 is 0 Å². The molecular formula is C12H10O. The molecule has 0 N–H and O–H groups in total. The smallest absolute Gasteiger partial charge is 0.145 e. The molecule has 2 atom stereocenters. The standard InChI is InChI=1S/C12H10O/c13-12-7-8-5-6-11(12)10-4-2-1-3-9(8)10/h1-6,8,11H,7H2/t8-,11-/m0/s1. The first-order valence-electron chi connectivity index (χ1n) is 4.66. The lowest BCUT2D eigenvalue weighted by atomic mass is 9.71. The molecule has 0 saturated heterocycles. The SMILES string of the molecule is O=C1C[C@@H]2C=C[C@H]1c1ccccc12. The first kappa shape index (κ1) is 7.07. The molecule has 0 fully saturated rings. The number of ketones is 1. The number of benzene rings is 1. The average Bonchev–Trinajstić information content (AvgIpc) is 2.19. The summed E-state index contributed by atoms with van der Waals surface area (Å²) in [6.45, 7) is 0. The Morgan fingerprint density at radius 1 is 1.08 bits per heavy atom. The molecule has 13 heavy (non-hydrogen) atoms. The summed E-state index contributed by atoms with van der Waals surface area (Å²) in [7, 11) is 0. The van der Waals surface area contributed by atoms with E-state index < -0.39 is 0 Å². The van der Waals surface area contributed by atoms with Gasteiger partial charge in [0.25, 0.3) is 0 Å². The highest BCUT2D eigenvalue weighted by atomic mass is 16.1. The highest BCUT2D eigenvalue weighted by Crippen LogP contribution is 2.42. The summed E-state index contributed by atoms with van der Waals surface area (Å²) in [6.07, 6.45) is 4.94. The molecule has 0 spiro atoms.